The van der Waals surface area contributed by atoms with Gasteiger partial charge in [0.15, 0.2) is 0 Å². The Labute approximate surface area is 105 Å². The van der Waals surface area contributed by atoms with E-state index in [4.69, 9.17) is 4.74 Å². The highest BCUT2D eigenvalue weighted by Crippen LogP contribution is 2.34. The average Bonchev–Trinajstić information content (AvgIpc) is 3.05. The lowest BCUT2D eigenvalue weighted by atomic mass is 10.0. The number of carbonyl (C=O) groups is 1. The monoisotopic (exact) mass is 249 g/mol. The number of ether oxygens (including phenoxy) is 1. The lowest BCUT2D eigenvalue weighted by Crippen LogP contribution is -2.26. The number of aryl methyl sites for hydroxylation is 1. The summed E-state index contributed by atoms with van der Waals surface area (Å²) in [6.07, 6.45) is 2.22. The van der Waals surface area contributed by atoms with Gasteiger partial charge in [-0.2, -0.15) is 0 Å². The van der Waals surface area contributed by atoms with Crippen molar-refractivity contribution in [3.63, 3.8) is 0 Å². The number of fused-ring (bicyclic) bond motifs is 1. The fraction of sp³-hybridized carbons (Fsp3) is 0.500. The van der Waals surface area contributed by atoms with Crippen molar-refractivity contribution in [1.29, 1.82) is 0 Å². The first-order chi connectivity index (χ1) is 8.67. The Morgan fingerprint density at radius 2 is 2.28 bits per heavy atom. The smallest absolute Gasteiger partial charge is 0.255 e. The topological polar surface area (TPSA) is 38.3 Å². The molecule has 2 aliphatic rings. The molecule has 1 aliphatic heterocycles. The van der Waals surface area contributed by atoms with E-state index >= 15 is 0 Å². The van der Waals surface area contributed by atoms with Crippen LogP contribution in [0.5, 0.6) is 5.75 Å². The third kappa shape index (κ3) is 2.07. The van der Waals surface area contributed by atoms with Crippen LogP contribution in [-0.4, -0.2) is 24.7 Å². The molecule has 3 rings (SSSR count). The van der Waals surface area contributed by atoms with Gasteiger partial charge in [-0.25, -0.2) is 4.39 Å². The van der Waals surface area contributed by atoms with E-state index < -0.39 is 12.8 Å². The van der Waals surface area contributed by atoms with Gasteiger partial charge in [-0.05, 0) is 37.0 Å². The van der Waals surface area contributed by atoms with E-state index in [-0.39, 0.29) is 5.91 Å². The number of alkyl halides is 1. The van der Waals surface area contributed by atoms with E-state index in [1.165, 1.54) is 0 Å². The zero-order valence-corrected chi connectivity index (χ0v) is 10.3. The summed E-state index contributed by atoms with van der Waals surface area (Å²) >= 11 is 0. The number of nitrogens with one attached hydrogen (secondary N) is 1. The maximum absolute atomic E-state index is 12.7. The van der Waals surface area contributed by atoms with Gasteiger partial charge in [0.2, 0.25) is 0 Å². The van der Waals surface area contributed by atoms with Crippen LogP contribution in [0.4, 0.5) is 4.39 Å². The summed E-state index contributed by atoms with van der Waals surface area (Å²) in [6, 6.07) is 4.10. The molecule has 1 aromatic carbocycles. The number of hydrogen-bond acceptors (Lipinski definition) is 2. The van der Waals surface area contributed by atoms with Gasteiger partial charge in [-0.15, -0.1) is 0 Å². The summed E-state index contributed by atoms with van der Waals surface area (Å²) in [7, 11) is 0. The van der Waals surface area contributed by atoms with E-state index in [2.05, 4.69) is 5.32 Å². The fourth-order valence-electron chi connectivity index (χ4n) is 2.34. The van der Waals surface area contributed by atoms with Crippen LogP contribution in [0.25, 0.3) is 0 Å². The quantitative estimate of drug-likeness (QED) is 0.891. The highest BCUT2D eigenvalue weighted by Gasteiger charge is 2.30. The molecule has 1 saturated carbocycles. The molecule has 1 fully saturated rings. The highest BCUT2D eigenvalue weighted by atomic mass is 19.1. The zero-order valence-electron chi connectivity index (χ0n) is 10.3. The first-order valence-corrected chi connectivity index (χ1v) is 6.34. The summed E-state index contributed by atoms with van der Waals surface area (Å²) in [5, 5.41) is 2.95. The molecule has 0 bridgehead atoms. The summed E-state index contributed by atoms with van der Waals surface area (Å²) in [5.41, 5.74) is 2.50. The van der Waals surface area contributed by atoms with Crippen molar-refractivity contribution in [2.24, 2.45) is 0 Å². The molecule has 0 saturated heterocycles. The van der Waals surface area contributed by atoms with Crippen molar-refractivity contribution in [2.75, 3.05) is 6.67 Å². The SMILES string of the molecule is Cc1cc2c(c(C(=O)NC3CC3)c1)OC(CF)C2. The van der Waals surface area contributed by atoms with E-state index in [1.807, 2.05) is 19.1 Å². The van der Waals surface area contributed by atoms with Crippen molar-refractivity contribution in [3.05, 3.63) is 28.8 Å². The van der Waals surface area contributed by atoms with Crippen LogP contribution in [0.2, 0.25) is 0 Å². The summed E-state index contributed by atoms with van der Waals surface area (Å²) in [5.74, 6) is 0.471. The lowest BCUT2D eigenvalue weighted by Gasteiger charge is -2.11. The molecular weight excluding hydrogens is 233 g/mol. The third-order valence-electron chi connectivity index (χ3n) is 3.37. The Balaban J connectivity index is 1.91. The first-order valence-electron chi connectivity index (χ1n) is 6.34. The number of benzene rings is 1. The maximum Gasteiger partial charge on any atom is 0.255 e. The van der Waals surface area contributed by atoms with Crippen molar-refractivity contribution < 1.29 is 13.9 Å². The van der Waals surface area contributed by atoms with E-state index in [0.29, 0.717) is 23.8 Å². The van der Waals surface area contributed by atoms with Crippen molar-refractivity contribution in [2.45, 2.75) is 38.3 Å². The third-order valence-corrected chi connectivity index (χ3v) is 3.37. The second-order valence-corrected chi connectivity index (χ2v) is 5.15. The van der Waals surface area contributed by atoms with Gasteiger partial charge < -0.3 is 10.1 Å². The Morgan fingerprint density at radius 1 is 1.50 bits per heavy atom. The molecule has 0 spiro atoms. The maximum atomic E-state index is 12.7. The Bertz CT molecular complexity index is 497. The molecule has 1 atom stereocenters. The molecule has 3 nitrogen and oxygen atoms in total. The molecule has 96 valence electrons. The van der Waals surface area contributed by atoms with E-state index in [0.717, 1.165) is 24.0 Å². The number of carbonyl (C=O) groups excluding carboxylic acids is 1. The van der Waals surface area contributed by atoms with Gasteiger partial charge in [0.1, 0.15) is 18.5 Å². The molecule has 1 aliphatic carbocycles. The second-order valence-electron chi connectivity index (χ2n) is 5.15. The Morgan fingerprint density at radius 3 is 2.94 bits per heavy atom. The predicted octanol–water partition coefficient (Wildman–Crippen LogP) is 2.16. The Hall–Kier alpha value is -1.58. The zero-order chi connectivity index (χ0) is 12.7. The van der Waals surface area contributed by atoms with Crippen molar-refractivity contribution in [3.8, 4) is 5.75 Å². The fourth-order valence-corrected chi connectivity index (χ4v) is 2.34. The minimum absolute atomic E-state index is 0.100. The van der Waals surface area contributed by atoms with Crippen LogP contribution in [0.3, 0.4) is 0 Å². The number of rotatable bonds is 3. The minimum Gasteiger partial charge on any atom is -0.486 e. The van der Waals surface area contributed by atoms with Crippen LogP contribution in [0.15, 0.2) is 12.1 Å². The summed E-state index contributed by atoms with van der Waals surface area (Å²) in [6.45, 7) is 1.42. The lowest BCUT2D eigenvalue weighted by molar-refractivity contribution is 0.0944. The molecule has 1 N–H and O–H groups in total. The molecule has 0 radical (unpaired) electrons. The highest BCUT2D eigenvalue weighted by molar-refractivity contribution is 5.98. The van der Waals surface area contributed by atoms with Gasteiger partial charge in [0, 0.05) is 12.5 Å². The standard InChI is InChI=1S/C14H16FNO2/c1-8-4-9-6-11(7-15)18-13(9)12(5-8)14(17)16-10-2-3-10/h4-5,10-11H,2-3,6-7H2,1H3,(H,16,17). The van der Waals surface area contributed by atoms with E-state index in [9.17, 15) is 9.18 Å². The molecule has 1 unspecified atom stereocenters. The molecule has 18 heavy (non-hydrogen) atoms. The molecular formula is C14H16FNO2. The largest absolute Gasteiger partial charge is 0.486 e. The van der Waals surface area contributed by atoms with Gasteiger partial charge in [0.25, 0.3) is 5.91 Å². The molecule has 1 amide bonds. The van der Waals surface area contributed by atoms with Crippen LogP contribution >= 0.6 is 0 Å². The second kappa shape index (κ2) is 4.26. The average molecular weight is 249 g/mol. The predicted molar refractivity (Wildman–Crippen MR) is 65.8 cm³/mol. The van der Waals surface area contributed by atoms with E-state index in [1.54, 1.807) is 0 Å². The van der Waals surface area contributed by atoms with Crippen LogP contribution in [-0.2, 0) is 6.42 Å². The molecule has 0 aromatic heterocycles. The van der Waals surface area contributed by atoms with Crippen LogP contribution in [0.1, 0.15) is 34.3 Å². The Kier molecular flexibility index (Phi) is 2.73. The first kappa shape index (κ1) is 11.5. The van der Waals surface area contributed by atoms with Crippen molar-refractivity contribution >= 4 is 5.91 Å². The van der Waals surface area contributed by atoms with Crippen molar-refractivity contribution in [1.82, 2.24) is 5.32 Å². The number of halogens is 1. The van der Waals surface area contributed by atoms with Crippen LogP contribution in [0, 0.1) is 6.92 Å². The van der Waals surface area contributed by atoms with Gasteiger partial charge in [0.05, 0.1) is 5.56 Å². The normalized spacial score (nSPS) is 21.3. The molecule has 1 heterocycles. The summed E-state index contributed by atoms with van der Waals surface area (Å²) in [4.78, 5) is 12.1. The minimum atomic E-state index is -0.516. The van der Waals surface area contributed by atoms with Gasteiger partial charge in [-0.1, -0.05) is 6.07 Å². The van der Waals surface area contributed by atoms with Gasteiger partial charge in [-0.3, -0.25) is 4.79 Å². The number of amides is 1. The molecule has 1 aromatic rings. The number of hydrogen-bond donors (Lipinski definition) is 1. The van der Waals surface area contributed by atoms with Gasteiger partial charge >= 0.3 is 0 Å². The summed E-state index contributed by atoms with van der Waals surface area (Å²) < 4.78 is 18.2. The molecule has 4 heteroatoms. The van der Waals surface area contributed by atoms with Crippen LogP contribution < -0.4 is 10.1 Å².